The number of aromatic nitrogens is 2. The predicted octanol–water partition coefficient (Wildman–Crippen LogP) is -2.07. The molecule has 1 fully saturated rings. The van der Waals surface area contributed by atoms with Crippen LogP contribution in [0.1, 0.15) is 6.23 Å². The van der Waals surface area contributed by atoms with Gasteiger partial charge in [0.25, 0.3) is 0 Å². The number of aliphatic hydroxyl groups is 2. The van der Waals surface area contributed by atoms with Crippen LogP contribution in [0.5, 0.6) is 0 Å². The highest BCUT2D eigenvalue weighted by atomic mass is 31.3. The molecule has 21 heteroatoms. The fourth-order valence-electron chi connectivity index (χ4n) is 2.21. The van der Waals surface area contributed by atoms with Gasteiger partial charge in [0.05, 0.1) is 12.8 Å². The van der Waals surface area contributed by atoms with Crippen LogP contribution in [0.15, 0.2) is 11.0 Å². The molecule has 17 nitrogen and oxygen atoms in total. The minimum Gasteiger partial charge on any atom is -0.387 e. The molecule has 0 aliphatic carbocycles. The number of phosphoric acid groups is 3. The molecule has 0 aromatic carbocycles. The van der Waals surface area contributed by atoms with E-state index in [2.05, 4.69) is 18.1 Å². The summed E-state index contributed by atoms with van der Waals surface area (Å²) in [6.45, 7) is -1.11. The summed E-state index contributed by atoms with van der Waals surface area (Å²) in [5.41, 5.74) is 3.95. The van der Waals surface area contributed by atoms with Crippen LogP contribution in [-0.2, 0) is 31.6 Å². The van der Waals surface area contributed by atoms with Gasteiger partial charge in [0.1, 0.15) is 18.3 Å². The van der Waals surface area contributed by atoms with E-state index in [0.717, 1.165) is 0 Å². The Morgan fingerprint density at radius 2 is 1.73 bits per heavy atom. The molecule has 1 aromatic heterocycles. The number of nitrogen functional groups attached to an aromatic ring is 1. The van der Waals surface area contributed by atoms with E-state index in [0.29, 0.717) is 10.8 Å². The quantitative estimate of drug-likeness (QED) is 0.188. The molecule has 1 aliphatic heterocycles. The van der Waals surface area contributed by atoms with Crippen LogP contribution in [0, 0.1) is 5.82 Å². The predicted molar refractivity (Wildman–Crippen MR) is 88.6 cm³/mol. The lowest BCUT2D eigenvalue weighted by molar-refractivity contribution is -0.0545. The Balaban J connectivity index is 2.09. The fraction of sp³-hybridized carbons (Fsp3) is 0.556. The summed E-state index contributed by atoms with van der Waals surface area (Å²) in [6.07, 6.45) is -6.64. The molecular formula is C9H15FN3O14P3. The van der Waals surface area contributed by atoms with Gasteiger partial charge in [0, 0.05) is 0 Å². The van der Waals surface area contributed by atoms with Crippen LogP contribution in [0.4, 0.5) is 10.2 Å². The lowest BCUT2D eigenvalue weighted by Gasteiger charge is -2.19. The lowest BCUT2D eigenvalue weighted by Crippen LogP contribution is -2.36. The lowest BCUT2D eigenvalue weighted by atomic mass is 10.1. The van der Waals surface area contributed by atoms with E-state index in [1.54, 1.807) is 0 Å². The van der Waals surface area contributed by atoms with Gasteiger partial charge >= 0.3 is 29.2 Å². The molecule has 172 valence electrons. The molecule has 1 aromatic rings. The molecule has 0 spiro atoms. The van der Waals surface area contributed by atoms with Gasteiger partial charge in [-0.1, -0.05) is 0 Å². The van der Waals surface area contributed by atoms with Gasteiger partial charge in [-0.2, -0.15) is 13.6 Å². The second kappa shape index (κ2) is 8.80. The normalized spacial score (nSPS) is 28.8. The minimum atomic E-state index is -5.76. The van der Waals surface area contributed by atoms with E-state index < -0.39 is 71.9 Å². The highest BCUT2D eigenvalue weighted by molar-refractivity contribution is 7.66. The van der Waals surface area contributed by atoms with Crippen LogP contribution >= 0.6 is 23.5 Å². The first-order valence-electron chi connectivity index (χ1n) is 7.35. The zero-order valence-corrected chi connectivity index (χ0v) is 16.9. The second-order valence-corrected chi connectivity index (χ2v) is 10.0. The standard InChI is InChI=1S/C9H15FN3O14P3/c10-3-1-13(9(16)12-7(3)11)8-6(15)5(14)4(25-8)2-24-29(20,21)27-30(22,23)26-28(17,18)19/h1,4-6,8,14-15H,2H2,(H,20,21)(H,22,23)(H2,11,12,16)(H2,17,18,19)/t4-,5?,6?,8-/m1/s1. The minimum absolute atomic E-state index is 0.435. The van der Waals surface area contributed by atoms with Crippen LogP contribution in [0.25, 0.3) is 0 Å². The molecule has 0 amide bonds. The second-order valence-electron chi connectivity index (χ2n) is 5.60. The molecule has 4 unspecified atom stereocenters. The molecule has 1 saturated heterocycles. The molecule has 1 aliphatic rings. The maximum absolute atomic E-state index is 13.5. The summed E-state index contributed by atoms with van der Waals surface area (Å²) in [7, 11) is -16.9. The van der Waals surface area contributed by atoms with Crippen molar-refractivity contribution in [3.05, 3.63) is 22.5 Å². The molecule has 2 rings (SSSR count). The number of rotatable bonds is 8. The van der Waals surface area contributed by atoms with E-state index in [9.17, 15) is 38.0 Å². The topological polar surface area (TPSA) is 270 Å². The molecule has 8 N–H and O–H groups in total. The Morgan fingerprint density at radius 3 is 2.30 bits per heavy atom. The number of halogens is 1. The summed E-state index contributed by atoms with van der Waals surface area (Å²) in [5.74, 6) is -1.90. The third kappa shape index (κ3) is 6.45. The van der Waals surface area contributed by atoms with Crippen molar-refractivity contribution in [2.75, 3.05) is 12.3 Å². The number of nitrogens with zero attached hydrogens (tertiary/aromatic N) is 2. The zero-order chi connectivity index (χ0) is 23.1. The molecule has 6 atom stereocenters. The summed E-state index contributed by atoms with van der Waals surface area (Å²) in [4.78, 5) is 50.2. The van der Waals surface area contributed by atoms with E-state index in [4.69, 9.17) is 25.2 Å². The Bertz CT molecular complexity index is 997. The van der Waals surface area contributed by atoms with Crippen molar-refractivity contribution >= 4 is 29.3 Å². The Labute approximate surface area is 164 Å². The highest BCUT2D eigenvalue weighted by Crippen LogP contribution is 2.66. The number of hydrogen-bond donors (Lipinski definition) is 7. The zero-order valence-electron chi connectivity index (χ0n) is 14.2. The number of hydrogen-bond acceptors (Lipinski definition) is 12. The molecule has 2 heterocycles. The first-order valence-corrected chi connectivity index (χ1v) is 11.9. The summed E-state index contributed by atoms with van der Waals surface area (Å²) >= 11 is 0. The highest BCUT2D eigenvalue weighted by Gasteiger charge is 2.47. The van der Waals surface area contributed by atoms with Crippen LogP contribution in [-0.4, -0.2) is 64.3 Å². The molecule has 30 heavy (non-hydrogen) atoms. The van der Waals surface area contributed by atoms with E-state index >= 15 is 0 Å². The van der Waals surface area contributed by atoms with Crippen molar-refractivity contribution in [1.82, 2.24) is 9.55 Å². The van der Waals surface area contributed by atoms with Gasteiger partial charge in [-0.05, 0) is 0 Å². The number of ether oxygens (including phenoxy) is 1. The first-order chi connectivity index (χ1) is 13.5. The van der Waals surface area contributed by atoms with Crippen molar-refractivity contribution in [1.29, 1.82) is 0 Å². The number of aliphatic hydroxyl groups excluding tert-OH is 2. The van der Waals surface area contributed by atoms with Gasteiger partial charge in [0.2, 0.25) is 0 Å². The largest absolute Gasteiger partial charge is 0.490 e. The summed E-state index contributed by atoms with van der Waals surface area (Å²) < 4.78 is 63.7. The van der Waals surface area contributed by atoms with Crippen molar-refractivity contribution in [3.63, 3.8) is 0 Å². The SMILES string of the molecule is Nc1nc(=O)n([C@@H]2O[C@H](COP(=O)(O)OP(=O)(O)OP(=O)(O)O)C(O)C2O)cc1F. The molecule has 0 radical (unpaired) electrons. The average molecular weight is 501 g/mol. The fourth-order valence-corrected chi connectivity index (χ4v) is 5.24. The number of nitrogens with two attached hydrogens (primary N) is 1. The van der Waals surface area contributed by atoms with Crippen molar-refractivity contribution < 1.29 is 65.8 Å². The maximum atomic E-state index is 13.5. The third-order valence-corrected chi connectivity index (χ3v) is 7.17. The smallest absolute Gasteiger partial charge is 0.387 e. The van der Waals surface area contributed by atoms with Crippen molar-refractivity contribution in [3.8, 4) is 0 Å². The van der Waals surface area contributed by atoms with Crippen molar-refractivity contribution in [2.45, 2.75) is 24.5 Å². The van der Waals surface area contributed by atoms with Crippen LogP contribution < -0.4 is 11.4 Å². The van der Waals surface area contributed by atoms with Crippen LogP contribution in [0.3, 0.4) is 0 Å². The van der Waals surface area contributed by atoms with Crippen LogP contribution in [0.2, 0.25) is 0 Å². The van der Waals surface area contributed by atoms with E-state index in [1.807, 2.05) is 0 Å². The summed E-state index contributed by atoms with van der Waals surface area (Å²) in [6, 6.07) is 0. The monoisotopic (exact) mass is 501 g/mol. The maximum Gasteiger partial charge on any atom is 0.490 e. The van der Waals surface area contributed by atoms with E-state index in [-0.39, 0.29) is 0 Å². The summed E-state index contributed by atoms with van der Waals surface area (Å²) in [5, 5.41) is 19.9. The number of phosphoric ester groups is 1. The third-order valence-electron chi connectivity index (χ3n) is 3.36. The number of anilines is 1. The van der Waals surface area contributed by atoms with Gasteiger partial charge in [-0.15, -0.1) is 0 Å². The van der Waals surface area contributed by atoms with Gasteiger partial charge < -0.3 is 40.3 Å². The average Bonchev–Trinajstić information content (AvgIpc) is 2.81. The van der Waals surface area contributed by atoms with Gasteiger partial charge in [-0.3, -0.25) is 9.09 Å². The molecular weight excluding hydrogens is 486 g/mol. The van der Waals surface area contributed by atoms with Crippen molar-refractivity contribution in [2.24, 2.45) is 0 Å². The Morgan fingerprint density at radius 1 is 1.13 bits per heavy atom. The van der Waals surface area contributed by atoms with Gasteiger partial charge in [-0.25, -0.2) is 22.9 Å². The molecule has 0 saturated carbocycles. The Hall–Kier alpha value is -1.10. The van der Waals surface area contributed by atoms with E-state index in [1.165, 1.54) is 0 Å². The molecule has 0 bridgehead atoms. The Kier molecular flexibility index (Phi) is 7.38. The van der Waals surface area contributed by atoms with Gasteiger partial charge in [0.15, 0.2) is 17.9 Å². The first kappa shape index (κ1) is 25.2.